The van der Waals surface area contributed by atoms with Crippen LogP contribution in [0.5, 0.6) is 5.75 Å². The van der Waals surface area contributed by atoms with Crippen molar-refractivity contribution in [3.05, 3.63) is 29.3 Å². The first-order valence-electron chi connectivity index (χ1n) is 11.6. The summed E-state index contributed by atoms with van der Waals surface area (Å²) in [5.41, 5.74) is 0.774. The van der Waals surface area contributed by atoms with Crippen LogP contribution in [-0.4, -0.2) is 16.2 Å². The van der Waals surface area contributed by atoms with Crippen LogP contribution >= 0.6 is 0 Å². The monoisotopic (exact) mass is 390 g/mol. The molecule has 1 aromatic rings. The summed E-state index contributed by atoms with van der Waals surface area (Å²) >= 11 is 0. The maximum absolute atomic E-state index is 11.1. The van der Waals surface area contributed by atoms with Crippen LogP contribution in [-0.2, 0) is 6.42 Å². The van der Waals surface area contributed by atoms with Crippen molar-refractivity contribution in [2.24, 2.45) is 5.92 Å². The van der Waals surface area contributed by atoms with Gasteiger partial charge in [-0.2, -0.15) is 0 Å². The number of hydrogen-bond donors (Lipinski definition) is 2. The normalized spacial score (nSPS) is 12.2. The largest absolute Gasteiger partial charge is 0.507 e. The van der Waals surface area contributed by atoms with Gasteiger partial charge in [0, 0.05) is 0 Å². The van der Waals surface area contributed by atoms with E-state index in [4.69, 9.17) is 5.11 Å². The van der Waals surface area contributed by atoms with Gasteiger partial charge in [0.05, 0.1) is 0 Å². The minimum Gasteiger partial charge on any atom is -0.507 e. The Morgan fingerprint density at radius 2 is 1.36 bits per heavy atom. The maximum Gasteiger partial charge on any atom is 0.339 e. The highest BCUT2D eigenvalue weighted by Crippen LogP contribution is 2.27. The van der Waals surface area contributed by atoms with Crippen LogP contribution in [0.15, 0.2) is 18.2 Å². The van der Waals surface area contributed by atoms with Crippen molar-refractivity contribution < 1.29 is 15.0 Å². The summed E-state index contributed by atoms with van der Waals surface area (Å²) in [5.74, 6) is -0.285. The highest BCUT2D eigenvalue weighted by molar-refractivity contribution is 5.91. The molecule has 0 saturated carbocycles. The Bertz CT molecular complexity index is 539. The number of aromatic hydroxyl groups is 1. The molecule has 28 heavy (non-hydrogen) atoms. The summed E-state index contributed by atoms with van der Waals surface area (Å²) in [5, 5.41) is 19.3. The third kappa shape index (κ3) is 10.1. The molecule has 0 fully saturated rings. The van der Waals surface area contributed by atoms with Gasteiger partial charge in [-0.25, -0.2) is 4.79 Å². The third-order valence-electron chi connectivity index (χ3n) is 5.84. The Hall–Kier alpha value is -1.51. The molecule has 1 atom stereocenters. The minimum atomic E-state index is -1.06. The van der Waals surface area contributed by atoms with Crippen LogP contribution in [0.25, 0.3) is 0 Å². The van der Waals surface area contributed by atoms with E-state index in [1.165, 1.54) is 83.1 Å². The lowest BCUT2D eigenvalue weighted by Crippen LogP contribution is -2.02. The first-order valence-corrected chi connectivity index (χ1v) is 11.6. The summed E-state index contributed by atoms with van der Waals surface area (Å²) in [7, 11) is 0. The van der Waals surface area contributed by atoms with Gasteiger partial charge in [-0.05, 0) is 30.4 Å². The Morgan fingerprint density at radius 1 is 0.821 bits per heavy atom. The van der Waals surface area contributed by atoms with Gasteiger partial charge in [0.25, 0.3) is 0 Å². The number of aromatic carboxylic acids is 1. The van der Waals surface area contributed by atoms with Gasteiger partial charge in [0.2, 0.25) is 0 Å². The molecule has 0 heterocycles. The second-order valence-corrected chi connectivity index (χ2v) is 8.28. The maximum atomic E-state index is 11.1. The van der Waals surface area contributed by atoms with Crippen molar-refractivity contribution in [3.63, 3.8) is 0 Å². The lowest BCUT2D eigenvalue weighted by atomic mass is 9.89. The molecule has 1 aromatic carbocycles. The molecular formula is C25H42O3. The molecular weight excluding hydrogens is 348 g/mol. The molecule has 3 heteroatoms. The molecule has 2 N–H and O–H groups in total. The van der Waals surface area contributed by atoms with E-state index >= 15 is 0 Å². The number of unbranched alkanes of at least 4 members (excludes halogenated alkanes) is 8. The highest BCUT2D eigenvalue weighted by Gasteiger charge is 2.13. The summed E-state index contributed by atoms with van der Waals surface area (Å²) < 4.78 is 0. The predicted molar refractivity (Wildman–Crippen MR) is 118 cm³/mol. The first-order chi connectivity index (χ1) is 13.6. The second kappa shape index (κ2) is 15.4. The van der Waals surface area contributed by atoms with Gasteiger partial charge in [0.15, 0.2) is 0 Å². The molecule has 0 spiro atoms. The molecule has 0 aromatic heterocycles. The number of para-hydroxylation sites is 1. The molecule has 0 aliphatic carbocycles. The fraction of sp³-hybridized carbons (Fsp3) is 0.720. The number of carboxylic acids is 1. The molecule has 0 saturated heterocycles. The Morgan fingerprint density at radius 3 is 2.00 bits per heavy atom. The van der Waals surface area contributed by atoms with Crippen molar-refractivity contribution in [1.82, 2.24) is 0 Å². The fourth-order valence-corrected chi connectivity index (χ4v) is 4.04. The Balaban J connectivity index is 2.36. The SMILES string of the molecule is CCCCCCCCC(CCCCC)CCCCc1cccc(C(=O)O)c1O. The molecule has 0 amide bonds. The van der Waals surface area contributed by atoms with E-state index in [1.54, 1.807) is 6.07 Å². The van der Waals surface area contributed by atoms with Gasteiger partial charge < -0.3 is 10.2 Å². The van der Waals surface area contributed by atoms with Crippen molar-refractivity contribution in [3.8, 4) is 5.75 Å². The molecule has 0 radical (unpaired) electrons. The minimum absolute atomic E-state index is 0.0121. The van der Waals surface area contributed by atoms with E-state index in [0.29, 0.717) is 0 Å². The van der Waals surface area contributed by atoms with Crippen LogP contribution in [0, 0.1) is 5.92 Å². The van der Waals surface area contributed by atoms with Gasteiger partial charge in [0.1, 0.15) is 11.3 Å². The zero-order valence-electron chi connectivity index (χ0n) is 18.2. The van der Waals surface area contributed by atoms with Crippen molar-refractivity contribution in [1.29, 1.82) is 0 Å². The van der Waals surface area contributed by atoms with Gasteiger partial charge in [-0.1, -0.05) is 109 Å². The zero-order valence-corrected chi connectivity index (χ0v) is 18.2. The lowest BCUT2D eigenvalue weighted by molar-refractivity contribution is 0.0693. The number of benzene rings is 1. The van der Waals surface area contributed by atoms with E-state index in [2.05, 4.69) is 13.8 Å². The smallest absolute Gasteiger partial charge is 0.339 e. The van der Waals surface area contributed by atoms with Crippen molar-refractivity contribution in [2.45, 2.75) is 110 Å². The van der Waals surface area contributed by atoms with Gasteiger partial charge in [-0.3, -0.25) is 0 Å². The van der Waals surface area contributed by atoms with E-state index in [1.807, 2.05) is 6.07 Å². The average molecular weight is 391 g/mol. The van der Waals surface area contributed by atoms with Crippen LogP contribution in [0.4, 0.5) is 0 Å². The first kappa shape index (κ1) is 24.5. The molecule has 0 bridgehead atoms. The molecule has 0 aliphatic rings. The van der Waals surface area contributed by atoms with Crippen molar-refractivity contribution in [2.75, 3.05) is 0 Å². The predicted octanol–water partition coefficient (Wildman–Crippen LogP) is 7.75. The quantitative estimate of drug-likeness (QED) is 0.267. The van der Waals surface area contributed by atoms with Crippen LogP contribution in [0.2, 0.25) is 0 Å². The number of aryl methyl sites for hydroxylation is 1. The summed E-state index contributed by atoms with van der Waals surface area (Å²) in [6.07, 6.45) is 19.0. The standard InChI is InChI=1S/C25H42O3/c1-3-5-7-8-9-11-16-21(15-10-6-4-2)17-12-13-18-22-19-14-20-23(24(22)26)25(27)28/h14,19-21,26H,3-13,15-18H2,1-2H3,(H,27,28). The fourth-order valence-electron chi connectivity index (χ4n) is 4.04. The summed E-state index contributed by atoms with van der Waals surface area (Å²) in [4.78, 5) is 11.1. The van der Waals surface area contributed by atoms with E-state index in [9.17, 15) is 9.90 Å². The number of rotatable bonds is 17. The van der Waals surface area contributed by atoms with Crippen LogP contribution in [0.3, 0.4) is 0 Å². The number of carbonyl (C=O) groups is 1. The summed E-state index contributed by atoms with van der Waals surface area (Å²) in [6, 6.07) is 5.03. The molecule has 3 nitrogen and oxygen atoms in total. The lowest BCUT2D eigenvalue weighted by Gasteiger charge is -2.17. The Kier molecular flexibility index (Phi) is 13.5. The third-order valence-corrected chi connectivity index (χ3v) is 5.84. The zero-order chi connectivity index (χ0) is 20.6. The number of carboxylic acid groups (broad SMARTS) is 1. The average Bonchev–Trinajstić information content (AvgIpc) is 2.68. The number of hydrogen-bond acceptors (Lipinski definition) is 2. The molecule has 160 valence electrons. The van der Waals surface area contributed by atoms with Gasteiger partial charge in [-0.15, -0.1) is 0 Å². The van der Waals surface area contributed by atoms with Crippen molar-refractivity contribution >= 4 is 5.97 Å². The van der Waals surface area contributed by atoms with E-state index in [0.717, 1.165) is 30.7 Å². The topological polar surface area (TPSA) is 57.5 Å². The Labute approximate surface area is 172 Å². The summed E-state index contributed by atoms with van der Waals surface area (Å²) in [6.45, 7) is 4.53. The second-order valence-electron chi connectivity index (χ2n) is 8.28. The molecule has 1 unspecified atom stereocenters. The van der Waals surface area contributed by atoms with Gasteiger partial charge >= 0.3 is 5.97 Å². The van der Waals surface area contributed by atoms with E-state index < -0.39 is 5.97 Å². The molecule has 1 rings (SSSR count). The van der Waals surface area contributed by atoms with Crippen LogP contribution < -0.4 is 0 Å². The van der Waals surface area contributed by atoms with Crippen LogP contribution in [0.1, 0.15) is 120 Å². The highest BCUT2D eigenvalue weighted by atomic mass is 16.4. The molecule has 0 aliphatic heterocycles. The van der Waals surface area contributed by atoms with E-state index in [-0.39, 0.29) is 11.3 Å². The number of phenols is 1.